The Morgan fingerprint density at radius 2 is 2.23 bits per heavy atom. The van der Waals surface area contributed by atoms with E-state index in [1.54, 1.807) is 0 Å². The van der Waals surface area contributed by atoms with Crippen molar-refractivity contribution in [2.24, 2.45) is 0 Å². The second-order valence-electron chi connectivity index (χ2n) is 3.31. The van der Waals surface area contributed by atoms with Crippen LogP contribution in [0.2, 0.25) is 5.02 Å². The molecule has 1 rings (SSSR count). The molecule has 2 heteroatoms. The third-order valence-electron chi connectivity index (χ3n) is 2.42. The van der Waals surface area contributed by atoms with Gasteiger partial charge in [-0.3, -0.25) is 0 Å². The Morgan fingerprint density at radius 1 is 1.54 bits per heavy atom. The molecule has 0 saturated heterocycles. The van der Waals surface area contributed by atoms with Crippen molar-refractivity contribution in [1.29, 1.82) is 5.26 Å². The van der Waals surface area contributed by atoms with E-state index >= 15 is 0 Å². The normalized spacial score (nSPS) is 14.6. The van der Waals surface area contributed by atoms with E-state index in [1.807, 2.05) is 38.1 Å². The fourth-order valence-electron chi connectivity index (χ4n) is 1.18. The molecule has 0 bridgehead atoms. The lowest BCUT2D eigenvalue weighted by Crippen LogP contribution is -2.17. The van der Waals surface area contributed by atoms with Gasteiger partial charge in [0.1, 0.15) is 0 Å². The predicted molar refractivity (Wildman–Crippen MR) is 54.7 cm³/mol. The zero-order valence-electron chi connectivity index (χ0n) is 7.84. The maximum atomic E-state index is 9.04. The smallest absolute Gasteiger partial charge is 0.0792 e. The minimum atomic E-state index is -0.412. The Hall–Kier alpha value is -1.00. The van der Waals surface area contributed by atoms with Crippen LogP contribution in [0.1, 0.15) is 25.8 Å². The zero-order valence-corrected chi connectivity index (χ0v) is 8.60. The fourth-order valence-corrected chi connectivity index (χ4v) is 1.37. The van der Waals surface area contributed by atoms with Crippen LogP contribution in [0.4, 0.5) is 0 Å². The van der Waals surface area contributed by atoms with Crippen molar-refractivity contribution in [3.8, 4) is 6.07 Å². The summed E-state index contributed by atoms with van der Waals surface area (Å²) in [6, 6.07) is 9.81. The molecule has 1 aromatic carbocycles. The molecule has 0 spiro atoms. The third kappa shape index (κ3) is 2.02. The summed E-state index contributed by atoms with van der Waals surface area (Å²) in [5.41, 5.74) is 0.579. The van der Waals surface area contributed by atoms with Crippen molar-refractivity contribution >= 4 is 11.6 Å². The molecular weight excluding hydrogens is 182 g/mol. The first-order chi connectivity index (χ1) is 6.12. The number of hydrogen-bond acceptors (Lipinski definition) is 1. The zero-order chi connectivity index (χ0) is 9.90. The van der Waals surface area contributed by atoms with Crippen LogP contribution in [0.25, 0.3) is 0 Å². The van der Waals surface area contributed by atoms with E-state index in [1.165, 1.54) is 0 Å². The number of nitriles is 1. The van der Waals surface area contributed by atoms with Gasteiger partial charge in [0.15, 0.2) is 0 Å². The highest BCUT2D eigenvalue weighted by Crippen LogP contribution is 2.28. The van der Waals surface area contributed by atoms with E-state index in [-0.39, 0.29) is 0 Å². The lowest BCUT2D eigenvalue weighted by Gasteiger charge is -2.19. The average Bonchev–Trinajstić information content (AvgIpc) is 2.17. The van der Waals surface area contributed by atoms with Crippen LogP contribution in [-0.4, -0.2) is 0 Å². The highest BCUT2D eigenvalue weighted by Gasteiger charge is 2.23. The van der Waals surface area contributed by atoms with Gasteiger partial charge in [0, 0.05) is 5.02 Å². The second-order valence-corrected chi connectivity index (χ2v) is 3.74. The van der Waals surface area contributed by atoms with Crippen molar-refractivity contribution in [3.05, 3.63) is 34.9 Å². The quantitative estimate of drug-likeness (QED) is 0.705. The summed E-state index contributed by atoms with van der Waals surface area (Å²) >= 11 is 5.86. The monoisotopic (exact) mass is 193 g/mol. The van der Waals surface area contributed by atoms with E-state index in [4.69, 9.17) is 16.9 Å². The molecule has 1 aromatic rings. The molecule has 0 aliphatic heterocycles. The van der Waals surface area contributed by atoms with Crippen molar-refractivity contribution in [2.75, 3.05) is 0 Å². The van der Waals surface area contributed by atoms with Gasteiger partial charge in [-0.1, -0.05) is 30.7 Å². The standard InChI is InChI=1S/C11H12ClN/c1-3-11(2,8-13)9-5-4-6-10(12)7-9/h4-7H,3H2,1-2H3. The van der Waals surface area contributed by atoms with E-state index < -0.39 is 5.41 Å². The second kappa shape index (κ2) is 3.81. The molecule has 0 aromatic heterocycles. The minimum Gasteiger partial charge on any atom is -0.197 e. The first kappa shape index (κ1) is 10.1. The number of nitrogens with zero attached hydrogens (tertiary/aromatic N) is 1. The van der Waals surface area contributed by atoms with Gasteiger partial charge in [-0.2, -0.15) is 5.26 Å². The average molecular weight is 194 g/mol. The molecular formula is C11H12ClN. The number of benzene rings is 1. The van der Waals surface area contributed by atoms with Gasteiger partial charge < -0.3 is 0 Å². The summed E-state index contributed by atoms with van der Waals surface area (Å²) in [6.07, 6.45) is 0.795. The summed E-state index contributed by atoms with van der Waals surface area (Å²) in [7, 11) is 0. The summed E-state index contributed by atoms with van der Waals surface area (Å²) in [4.78, 5) is 0. The van der Waals surface area contributed by atoms with Crippen molar-refractivity contribution < 1.29 is 0 Å². The van der Waals surface area contributed by atoms with E-state index in [0.29, 0.717) is 5.02 Å². The fraction of sp³-hybridized carbons (Fsp3) is 0.364. The highest BCUT2D eigenvalue weighted by atomic mass is 35.5. The molecule has 0 fully saturated rings. The number of hydrogen-bond donors (Lipinski definition) is 0. The van der Waals surface area contributed by atoms with Crippen LogP contribution in [-0.2, 0) is 5.41 Å². The van der Waals surface area contributed by atoms with Crippen molar-refractivity contribution in [1.82, 2.24) is 0 Å². The SMILES string of the molecule is CCC(C)(C#N)c1cccc(Cl)c1. The lowest BCUT2D eigenvalue weighted by molar-refractivity contribution is 0.587. The van der Waals surface area contributed by atoms with Gasteiger partial charge in [-0.15, -0.1) is 0 Å². The Morgan fingerprint density at radius 3 is 2.69 bits per heavy atom. The molecule has 1 unspecified atom stereocenters. The molecule has 1 atom stereocenters. The molecule has 0 radical (unpaired) electrons. The van der Waals surface area contributed by atoms with Crippen LogP contribution in [0.5, 0.6) is 0 Å². The minimum absolute atomic E-state index is 0.412. The Kier molecular flexibility index (Phi) is 2.95. The maximum Gasteiger partial charge on any atom is 0.0792 e. The molecule has 0 heterocycles. The van der Waals surface area contributed by atoms with Crippen LogP contribution in [0, 0.1) is 11.3 Å². The van der Waals surface area contributed by atoms with Crippen LogP contribution in [0.15, 0.2) is 24.3 Å². The van der Waals surface area contributed by atoms with Gasteiger partial charge in [-0.05, 0) is 31.0 Å². The summed E-state index contributed by atoms with van der Waals surface area (Å²) < 4.78 is 0. The van der Waals surface area contributed by atoms with E-state index in [9.17, 15) is 0 Å². The Balaban J connectivity index is 3.14. The molecule has 13 heavy (non-hydrogen) atoms. The number of rotatable bonds is 2. The summed E-state index contributed by atoms with van der Waals surface area (Å²) in [6.45, 7) is 3.93. The molecule has 0 N–H and O–H groups in total. The van der Waals surface area contributed by atoms with Crippen LogP contribution < -0.4 is 0 Å². The van der Waals surface area contributed by atoms with Gasteiger partial charge in [0.25, 0.3) is 0 Å². The molecule has 0 aliphatic rings. The van der Waals surface area contributed by atoms with Crippen LogP contribution in [0.3, 0.4) is 0 Å². The van der Waals surface area contributed by atoms with Crippen molar-refractivity contribution in [3.63, 3.8) is 0 Å². The predicted octanol–water partition coefficient (Wildman–Crippen LogP) is 3.53. The van der Waals surface area contributed by atoms with Gasteiger partial charge in [0.2, 0.25) is 0 Å². The molecule has 0 saturated carbocycles. The largest absolute Gasteiger partial charge is 0.197 e. The van der Waals surface area contributed by atoms with E-state index in [0.717, 1.165) is 12.0 Å². The first-order valence-corrected chi connectivity index (χ1v) is 4.67. The molecule has 1 nitrogen and oxygen atoms in total. The summed E-state index contributed by atoms with van der Waals surface area (Å²) in [5, 5.41) is 9.72. The van der Waals surface area contributed by atoms with Gasteiger partial charge in [-0.25, -0.2) is 0 Å². The molecule has 0 amide bonds. The Bertz CT molecular complexity index is 340. The number of halogens is 1. The van der Waals surface area contributed by atoms with Gasteiger partial charge in [0.05, 0.1) is 11.5 Å². The van der Waals surface area contributed by atoms with E-state index in [2.05, 4.69) is 6.07 Å². The topological polar surface area (TPSA) is 23.8 Å². The Labute approximate surface area is 84.0 Å². The molecule has 68 valence electrons. The lowest BCUT2D eigenvalue weighted by atomic mass is 9.82. The molecule has 0 aliphatic carbocycles. The summed E-state index contributed by atoms with van der Waals surface area (Å²) in [5.74, 6) is 0. The first-order valence-electron chi connectivity index (χ1n) is 4.29. The van der Waals surface area contributed by atoms with Crippen LogP contribution >= 0.6 is 11.6 Å². The van der Waals surface area contributed by atoms with Crippen molar-refractivity contribution in [2.45, 2.75) is 25.7 Å². The maximum absolute atomic E-state index is 9.04. The highest BCUT2D eigenvalue weighted by molar-refractivity contribution is 6.30. The third-order valence-corrected chi connectivity index (χ3v) is 2.65. The van der Waals surface area contributed by atoms with Gasteiger partial charge >= 0.3 is 0 Å².